The molecule has 2 aromatic rings. The smallest absolute Gasteiger partial charge is 0.191 e. The molecule has 134 valence electrons. The Balaban J connectivity index is 1.54. The molecule has 3 N–H and O–H groups in total. The first kappa shape index (κ1) is 17.9. The molecule has 1 unspecified atom stereocenters. The second-order valence-electron chi connectivity index (χ2n) is 6.21. The average molecular weight is 359 g/mol. The van der Waals surface area contributed by atoms with Crippen molar-refractivity contribution in [3.8, 4) is 0 Å². The molecule has 1 atom stereocenters. The second-order valence-corrected chi connectivity index (χ2v) is 7.75. The van der Waals surface area contributed by atoms with Gasteiger partial charge in [-0.1, -0.05) is 18.2 Å². The Morgan fingerprint density at radius 1 is 1.24 bits per heavy atom. The van der Waals surface area contributed by atoms with Crippen molar-refractivity contribution in [2.75, 3.05) is 19.6 Å². The summed E-state index contributed by atoms with van der Waals surface area (Å²) in [4.78, 5) is 6.02. The number of nitrogens with zero attached hydrogens (tertiary/aromatic N) is 1. The van der Waals surface area contributed by atoms with E-state index in [1.54, 1.807) is 18.4 Å². The minimum Gasteiger partial charge on any atom is -0.467 e. The van der Waals surface area contributed by atoms with Crippen molar-refractivity contribution in [1.82, 2.24) is 10.6 Å². The van der Waals surface area contributed by atoms with Gasteiger partial charge in [-0.15, -0.1) is 11.8 Å². The Kier molecular flexibility index (Phi) is 6.04. The van der Waals surface area contributed by atoms with Crippen molar-refractivity contribution in [2.45, 2.75) is 35.5 Å². The number of thioether (sulfide) groups is 1. The van der Waals surface area contributed by atoms with Gasteiger partial charge in [0.25, 0.3) is 0 Å². The van der Waals surface area contributed by atoms with E-state index in [0.29, 0.717) is 12.3 Å². The van der Waals surface area contributed by atoms with Gasteiger partial charge in [-0.3, -0.25) is 4.99 Å². The first-order valence-corrected chi connectivity index (χ1v) is 9.50. The Labute approximate surface area is 152 Å². The third kappa shape index (κ3) is 5.28. The Hall–Kier alpha value is -1.92. The lowest BCUT2D eigenvalue weighted by molar-refractivity contribution is 0.153. The number of benzene rings is 1. The summed E-state index contributed by atoms with van der Waals surface area (Å²) in [7, 11) is 0. The molecule has 0 spiro atoms. The summed E-state index contributed by atoms with van der Waals surface area (Å²) < 4.78 is 5.44. The van der Waals surface area contributed by atoms with E-state index in [9.17, 15) is 5.11 Å². The highest BCUT2D eigenvalue weighted by Gasteiger charge is 2.43. The van der Waals surface area contributed by atoms with Crippen LogP contribution in [0, 0.1) is 0 Å². The molecule has 5 nitrogen and oxygen atoms in total. The van der Waals surface area contributed by atoms with Gasteiger partial charge in [0.05, 0.1) is 19.4 Å². The molecule has 1 fully saturated rings. The van der Waals surface area contributed by atoms with Gasteiger partial charge in [-0.2, -0.15) is 0 Å². The van der Waals surface area contributed by atoms with Crippen molar-refractivity contribution >= 4 is 17.7 Å². The van der Waals surface area contributed by atoms with Gasteiger partial charge in [0, 0.05) is 16.2 Å². The lowest BCUT2D eigenvalue weighted by atomic mass is 10.3. The van der Waals surface area contributed by atoms with Crippen molar-refractivity contribution in [3.05, 3.63) is 54.5 Å². The minimum atomic E-state index is -0.688. The monoisotopic (exact) mass is 359 g/mol. The van der Waals surface area contributed by atoms with E-state index < -0.39 is 6.10 Å². The number of nitrogens with one attached hydrogen (secondary N) is 2. The molecule has 3 rings (SSSR count). The molecule has 1 aliphatic carbocycles. The molecule has 1 aliphatic rings. The zero-order valence-electron chi connectivity index (χ0n) is 14.4. The zero-order chi connectivity index (χ0) is 17.5. The van der Waals surface area contributed by atoms with Crippen LogP contribution in [-0.4, -0.2) is 35.4 Å². The Morgan fingerprint density at radius 2 is 2.04 bits per heavy atom. The fourth-order valence-corrected chi connectivity index (χ4v) is 3.74. The van der Waals surface area contributed by atoms with E-state index in [2.05, 4.69) is 34.9 Å². The van der Waals surface area contributed by atoms with Crippen LogP contribution in [0.15, 0.2) is 63.0 Å². The number of aliphatic hydroxyl groups excluding tert-OH is 1. The topological polar surface area (TPSA) is 69.8 Å². The summed E-state index contributed by atoms with van der Waals surface area (Å²) in [6, 6.07) is 14.0. The molecule has 25 heavy (non-hydrogen) atoms. The lowest BCUT2D eigenvalue weighted by Gasteiger charge is -2.16. The molecular formula is C19H25N3O2S. The van der Waals surface area contributed by atoms with E-state index in [-0.39, 0.29) is 4.75 Å². The highest BCUT2D eigenvalue weighted by atomic mass is 32.2. The van der Waals surface area contributed by atoms with Gasteiger partial charge in [-0.25, -0.2) is 0 Å². The Bertz CT molecular complexity index is 669. The van der Waals surface area contributed by atoms with E-state index in [1.807, 2.05) is 24.8 Å². The lowest BCUT2D eigenvalue weighted by Crippen LogP contribution is -2.40. The Morgan fingerprint density at radius 3 is 2.68 bits per heavy atom. The molecule has 0 saturated heterocycles. The maximum absolute atomic E-state index is 10.1. The summed E-state index contributed by atoms with van der Waals surface area (Å²) in [5.41, 5.74) is 0. The molecule has 0 radical (unpaired) electrons. The van der Waals surface area contributed by atoms with Crippen LogP contribution in [0.25, 0.3) is 0 Å². The predicted octanol–water partition coefficient (Wildman–Crippen LogP) is 3.19. The molecule has 1 aromatic carbocycles. The molecule has 1 aromatic heterocycles. The van der Waals surface area contributed by atoms with E-state index in [0.717, 1.165) is 19.0 Å². The molecular weight excluding hydrogens is 334 g/mol. The molecule has 0 amide bonds. The largest absolute Gasteiger partial charge is 0.467 e. The van der Waals surface area contributed by atoms with Gasteiger partial charge < -0.3 is 20.2 Å². The summed E-state index contributed by atoms with van der Waals surface area (Å²) in [6.07, 6.45) is 3.25. The maximum Gasteiger partial charge on any atom is 0.191 e. The van der Waals surface area contributed by atoms with Crippen LogP contribution < -0.4 is 10.6 Å². The second kappa shape index (κ2) is 8.45. The first-order chi connectivity index (χ1) is 12.2. The normalized spacial score (nSPS) is 17.1. The zero-order valence-corrected chi connectivity index (χ0v) is 15.3. The highest BCUT2D eigenvalue weighted by molar-refractivity contribution is 8.01. The third-order valence-electron chi connectivity index (χ3n) is 4.09. The van der Waals surface area contributed by atoms with E-state index >= 15 is 0 Å². The number of hydrogen-bond donors (Lipinski definition) is 3. The van der Waals surface area contributed by atoms with Gasteiger partial charge in [-0.05, 0) is 44.0 Å². The molecule has 0 bridgehead atoms. The molecule has 0 aliphatic heterocycles. The summed E-state index contributed by atoms with van der Waals surface area (Å²) in [5.74, 6) is 1.29. The predicted molar refractivity (Wildman–Crippen MR) is 102 cm³/mol. The van der Waals surface area contributed by atoms with E-state index in [4.69, 9.17) is 9.41 Å². The number of guanidine groups is 1. The first-order valence-electron chi connectivity index (χ1n) is 8.68. The van der Waals surface area contributed by atoms with Crippen LogP contribution in [-0.2, 0) is 0 Å². The van der Waals surface area contributed by atoms with Crippen LogP contribution in [0.4, 0.5) is 0 Å². The summed E-state index contributed by atoms with van der Waals surface area (Å²) in [5, 5.41) is 16.5. The fraction of sp³-hybridized carbons (Fsp3) is 0.421. The maximum atomic E-state index is 10.1. The number of hydrogen-bond acceptors (Lipinski definition) is 4. The standard InChI is InChI=1S/C19H25N3O2S/c1-2-20-18(21-13-16(23)17-9-6-12-24-17)22-14-19(10-11-19)25-15-7-4-3-5-8-15/h3-9,12,16,23H,2,10-11,13-14H2,1H3,(H2,20,21,22). The fourth-order valence-electron chi connectivity index (χ4n) is 2.51. The highest BCUT2D eigenvalue weighted by Crippen LogP contribution is 2.51. The number of rotatable bonds is 8. The molecule has 6 heteroatoms. The van der Waals surface area contributed by atoms with Crippen molar-refractivity contribution in [1.29, 1.82) is 0 Å². The van der Waals surface area contributed by atoms with Crippen molar-refractivity contribution < 1.29 is 9.52 Å². The van der Waals surface area contributed by atoms with Crippen molar-refractivity contribution in [2.24, 2.45) is 4.99 Å². The third-order valence-corrected chi connectivity index (χ3v) is 5.57. The van der Waals surface area contributed by atoms with Crippen LogP contribution in [0.2, 0.25) is 0 Å². The quantitative estimate of drug-likeness (QED) is 0.499. The van der Waals surface area contributed by atoms with Crippen LogP contribution in [0.5, 0.6) is 0 Å². The number of furan rings is 1. The van der Waals surface area contributed by atoms with Gasteiger partial charge in [0.1, 0.15) is 11.9 Å². The number of aliphatic imine (C=N–C) groups is 1. The molecule has 1 saturated carbocycles. The average Bonchev–Trinajstić information content (AvgIpc) is 3.17. The van der Waals surface area contributed by atoms with Crippen LogP contribution in [0.1, 0.15) is 31.6 Å². The van der Waals surface area contributed by atoms with Gasteiger partial charge >= 0.3 is 0 Å². The summed E-state index contributed by atoms with van der Waals surface area (Å²) in [6.45, 7) is 3.93. The number of aliphatic hydroxyl groups is 1. The van der Waals surface area contributed by atoms with Crippen LogP contribution in [0.3, 0.4) is 0 Å². The van der Waals surface area contributed by atoms with E-state index in [1.165, 1.54) is 17.7 Å². The molecule has 1 heterocycles. The minimum absolute atomic E-state index is 0.212. The SMILES string of the molecule is CCNC(=NCC1(Sc2ccccc2)CC1)NCC(O)c1ccco1. The van der Waals surface area contributed by atoms with Gasteiger partial charge in [0.15, 0.2) is 5.96 Å². The van der Waals surface area contributed by atoms with Crippen LogP contribution >= 0.6 is 11.8 Å². The summed E-state index contributed by atoms with van der Waals surface area (Å²) >= 11 is 1.91. The van der Waals surface area contributed by atoms with Crippen molar-refractivity contribution in [3.63, 3.8) is 0 Å². The van der Waals surface area contributed by atoms with Gasteiger partial charge in [0.2, 0.25) is 0 Å².